The molecule has 18 nitrogen and oxygen atoms in total. The summed E-state index contributed by atoms with van der Waals surface area (Å²) in [7, 11) is 0. The number of carbonyl (C=O) groups excluding carboxylic acids is 3. The zero-order valence-electron chi connectivity index (χ0n) is 30.0. The van der Waals surface area contributed by atoms with Gasteiger partial charge in [-0.1, -0.05) is 23.7 Å². The van der Waals surface area contributed by atoms with Gasteiger partial charge < -0.3 is 45.8 Å². The largest absolute Gasteiger partial charge is 0.478 e. The number of tetrazole rings is 1. The molecule has 0 saturated carbocycles. The van der Waals surface area contributed by atoms with Crippen LogP contribution in [-0.4, -0.2) is 148 Å². The molecule has 2 aliphatic heterocycles. The van der Waals surface area contributed by atoms with E-state index in [2.05, 4.69) is 20.8 Å². The van der Waals surface area contributed by atoms with Crippen LogP contribution in [0.15, 0.2) is 67.0 Å². The summed E-state index contributed by atoms with van der Waals surface area (Å²) in [6.45, 7) is -0.893. The normalized spacial score (nSPS) is 18.2. The Morgan fingerprint density at radius 2 is 1.70 bits per heavy atom. The summed E-state index contributed by atoms with van der Waals surface area (Å²) in [6, 6.07) is 11.9. The molecule has 0 radical (unpaired) electrons. The summed E-state index contributed by atoms with van der Waals surface area (Å²) in [5.74, 6) is -3.70. The molecule has 4 aromatic rings. The van der Waals surface area contributed by atoms with Crippen molar-refractivity contribution in [3.8, 4) is 5.69 Å². The van der Waals surface area contributed by atoms with E-state index in [1.54, 1.807) is 23.1 Å². The Bertz CT molecular complexity index is 2160. The van der Waals surface area contributed by atoms with Crippen LogP contribution in [0.4, 0.5) is 15.8 Å². The number of anilines is 2. The first-order valence-electron chi connectivity index (χ1n) is 17.6. The van der Waals surface area contributed by atoms with Crippen molar-refractivity contribution < 1.29 is 54.2 Å². The maximum Gasteiger partial charge on any atom is 0.335 e. The highest BCUT2D eigenvalue weighted by molar-refractivity contribution is 6.31. The third-order valence-electron chi connectivity index (χ3n) is 9.79. The predicted octanol–water partition coefficient (Wildman–Crippen LogP) is 0.0154. The van der Waals surface area contributed by atoms with E-state index in [9.17, 15) is 44.7 Å². The quantitative estimate of drug-likeness (QED) is 0.0880. The molecule has 5 atom stereocenters. The lowest BCUT2D eigenvalue weighted by Crippen LogP contribution is -2.55. The highest BCUT2D eigenvalue weighted by Gasteiger charge is 2.39. The number of carboxylic acids is 1. The number of piperazine rings is 1. The number of carbonyl (C=O) groups is 4. The van der Waals surface area contributed by atoms with Crippen LogP contribution < -0.4 is 10.2 Å². The number of carboxylic acid groups (broad SMARTS) is 1. The van der Waals surface area contributed by atoms with Gasteiger partial charge in [-0.15, -0.1) is 5.10 Å². The van der Waals surface area contributed by atoms with E-state index in [1.807, 2.05) is 0 Å². The van der Waals surface area contributed by atoms with Crippen LogP contribution in [0.1, 0.15) is 33.1 Å². The van der Waals surface area contributed by atoms with E-state index in [4.69, 9.17) is 16.7 Å². The molecular weight excluding hydrogens is 771 g/mol. The Balaban J connectivity index is 1.28. The number of hydrogen-bond acceptors (Lipinski definition) is 13. The van der Waals surface area contributed by atoms with Crippen molar-refractivity contribution in [2.75, 3.05) is 49.5 Å². The molecule has 0 unspecified atom stereocenters. The molecule has 57 heavy (non-hydrogen) atoms. The van der Waals surface area contributed by atoms with E-state index in [1.165, 1.54) is 63.3 Å². The summed E-state index contributed by atoms with van der Waals surface area (Å²) in [5, 5.41) is 72.3. The Morgan fingerprint density at radius 3 is 2.37 bits per heavy atom. The van der Waals surface area contributed by atoms with E-state index in [0.717, 1.165) is 6.08 Å². The number of β-amino-alcohol motifs (C(OH)–C–C–N with tert-alkyl or cyclic N) is 1. The molecule has 6 rings (SSSR count). The maximum atomic E-state index is 15.3. The smallest absolute Gasteiger partial charge is 0.335 e. The Morgan fingerprint density at radius 1 is 0.965 bits per heavy atom. The van der Waals surface area contributed by atoms with Gasteiger partial charge in [0.1, 0.15) is 30.7 Å². The molecule has 20 heteroatoms. The number of aliphatic hydroxyl groups is 5. The second kappa shape index (κ2) is 17.6. The molecule has 3 aromatic carbocycles. The van der Waals surface area contributed by atoms with Crippen LogP contribution in [-0.2, 0) is 20.8 Å². The van der Waals surface area contributed by atoms with Crippen molar-refractivity contribution in [3.05, 3.63) is 100 Å². The van der Waals surface area contributed by atoms with Crippen molar-refractivity contribution in [1.29, 1.82) is 0 Å². The first-order chi connectivity index (χ1) is 27.3. The van der Waals surface area contributed by atoms with Gasteiger partial charge in [0.05, 0.1) is 35.5 Å². The lowest BCUT2D eigenvalue weighted by atomic mass is 9.89. The Hall–Kier alpha value is -5.67. The van der Waals surface area contributed by atoms with Gasteiger partial charge in [0.15, 0.2) is 5.82 Å². The lowest BCUT2D eigenvalue weighted by molar-refractivity contribution is -0.135. The Labute approximate surface area is 328 Å². The molecule has 3 amide bonds. The molecule has 0 aliphatic carbocycles. The van der Waals surface area contributed by atoms with Crippen LogP contribution in [0.2, 0.25) is 5.02 Å². The number of halogens is 2. The third-order valence-corrected chi connectivity index (χ3v) is 10.1. The molecule has 7 N–H and O–H groups in total. The molecule has 1 saturated heterocycles. The molecule has 0 spiro atoms. The Kier molecular flexibility index (Phi) is 12.7. The fraction of sp³-hybridized carbons (Fsp3) is 0.324. The predicted molar refractivity (Wildman–Crippen MR) is 200 cm³/mol. The molecular formula is C37H38ClFN8O10. The van der Waals surface area contributed by atoms with Gasteiger partial charge in [-0.3, -0.25) is 19.3 Å². The van der Waals surface area contributed by atoms with E-state index >= 15 is 4.39 Å². The standard InChI is InChI=1S/C37H38ClFN8O10/c38-25-9-10-27(47-19-40-42-43-47)24(32(25)39)8-11-30(51)46-13-12-22-23(33(46)36(55)41-21-6-4-20(5-7-21)37(56)57)2-1-3-26(22)45-15-14-44(17-31(45)52)16-28(49)34(53)35(54)29(50)18-48/h1-11,19,28-29,33-35,48-50,53-54H,12-18H2,(H,41,55)(H,56,57)/b11-8+/t28-,29+,33-,34+,35+/m0/s1. The zero-order valence-corrected chi connectivity index (χ0v) is 30.7. The summed E-state index contributed by atoms with van der Waals surface area (Å²) >= 11 is 6.07. The average molecular weight is 809 g/mol. The molecule has 1 fully saturated rings. The number of fused-ring (bicyclic) bond motifs is 1. The van der Waals surface area contributed by atoms with E-state index < -0.39 is 60.7 Å². The third kappa shape index (κ3) is 8.84. The maximum absolute atomic E-state index is 15.3. The molecule has 0 bridgehead atoms. The molecule has 2 aliphatic rings. The van der Waals surface area contributed by atoms with Crippen molar-refractivity contribution in [1.82, 2.24) is 30.0 Å². The van der Waals surface area contributed by atoms with Crippen molar-refractivity contribution in [2.24, 2.45) is 0 Å². The van der Waals surface area contributed by atoms with Crippen LogP contribution in [0, 0.1) is 5.82 Å². The number of benzene rings is 3. The molecule has 1 aromatic heterocycles. The monoisotopic (exact) mass is 808 g/mol. The van der Waals surface area contributed by atoms with Crippen LogP contribution in [0.5, 0.6) is 0 Å². The van der Waals surface area contributed by atoms with Crippen LogP contribution >= 0.6 is 11.6 Å². The first kappa shape index (κ1) is 41.0. The summed E-state index contributed by atoms with van der Waals surface area (Å²) in [4.78, 5) is 57.6. The van der Waals surface area contributed by atoms with Crippen molar-refractivity contribution >= 4 is 52.7 Å². The number of nitrogens with zero attached hydrogens (tertiary/aromatic N) is 7. The van der Waals surface area contributed by atoms with Gasteiger partial charge in [0.25, 0.3) is 5.91 Å². The molecule has 300 valence electrons. The van der Waals surface area contributed by atoms with Gasteiger partial charge in [-0.25, -0.2) is 9.18 Å². The summed E-state index contributed by atoms with van der Waals surface area (Å²) < 4.78 is 16.5. The first-order valence-corrected chi connectivity index (χ1v) is 18.0. The average Bonchev–Trinajstić information content (AvgIpc) is 3.75. The summed E-state index contributed by atoms with van der Waals surface area (Å²) in [5.41, 5.74) is 1.82. The van der Waals surface area contributed by atoms with Crippen molar-refractivity contribution in [2.45, 2.75) is 36.9 Å². The highest BCUT2D eigenvalue weighted by atomic mass is 35.5. The van der Waals surface area contributed by atoms with E-state index in [0.29, 0.717) is 16.8 Å². The van der Waals surface area contributed by atoms with Crippen molar-refractivity contribution in [3.63, 3.8) is 0 Å². The minimum absolute atomic E-state index is 0.00887. The minimum Gasteiger partial charge on any atom is -0.478 e. The number of nitrogens with one attached hydrogen (secondary N) is 1. The second-order valence-corrected chi connectivity index (χ2v) is 13.8. The summed E-state index contributed by atoms with van der Waals surface area (Å²) in [6.07, 6.45) is -3.10. The van der Waals surface area contributed by atoms with Gasteiger partial charge in [-0.05, 0) is 76.5 Å². The minimum atomic E-state index is -1.82. The fourth-order valence-electron chi connectivity index (χ4n) is 6.83. The lowest BCUT2D eigenvalue weighted by Gasteiger charge is -2.40. The van der Waals surface area contributed by atoms with Gasteiger partial charge in [0.2, 0.25) is 11.8 Å². The van der Waals surface area contributed by atoms with Crippen LogP contribution in [0.25, 0.3) is 11.8 Å². The number of rotatable bonds is 13. The SMILES string of the molecule is O=C(O)c1ccc(NC(=O)[C@@H]2c3cccc(N4CCN(C[C@H](O)[C@@H](O)[C@H](O)[C@H](O)CO)CC4=O)c3CCN2C(=O)/C=C/c2c(-n3cnnn3)ccc(Cl)c2F)cc1. The van der Waals surface area contributed by atoms with Gasteiger partial charge >= 0.3 is 5.97 Å². The number of aromatic carboxylic acids is 1. The van der Waals surface area contributed by atoms with Gasteiger partial charge in [-0.2, -0.15) is 4.68 Å². The number of aromatic nitrogens is 4. The second-order valence-electron chi connectivity index (χ2n) is 13.4. The van der Waals surface area contributed by atoms with Crippen LogP contribution in [0.3, 0.4) is 0 Å². The zero-order chi connectivity index (χ0) is 41.0. The number of amides is 3. The van der Waals surface area contributed by atoms with Gasteiger partial charge in [0, 0.05) is 49.2 Å². The van der Waals surface area contributed by atoms with E-state index in [-0.39, 0.29) is 72.6 Å². The topological polar surface area (TPSA) is 255 Å². The highest BCUT2D eigenvalue weighted by Crippen LogP contribution is 2.37. The number of aliphatic hydroxyl groups excluding tert-OH is 5. The fourth-order valence-corrected chi connectivity index (χ4v) is 7.00. The molecule has 3 heterocycles. The number of hydrogen-bond donors (Lipinski definition) is 7.